The summed E-state index contributed by atoms with van der Waals surface area (Å²) in [5, 5.41) is 8.12. The number of carbonyl (C=O) groups excluding carboxylic acids is 3. The number of carbonyl (C=O) groups is 3. The lowest BCUT2D eigenvalue weighted by molar-refractivity contribution is -0.134. The molecule has 0 bridgehead atoms. The zero-order valence-electron chi connectivity index (χ0n) is 16.9. The van der Waals surface area contributed by atoms with Crippen molar-refractivity contribution in [3.05, 3.63) is 71.8 Å². The Kier molecular flexibility index (Phi) is 4.06. The number of fused-ring (bicyclic) bond motifs is 5. The van der Waals surface area contributed by atoms with Gasteiger partial charge >= 0.3 is 6.03 Å². The Bertz CT molecular complexity index is 1450. The summed E-state index contributed by atoms with van der Waals surface area (Å²) in [5.41, 5.74) is 1.62. The Morgan fingerprint density at radius 1 is 1.09 bits per heavy atom. The van der Waals surface area contributed by atoms with E-state index < -0.39 is 17.5 Å². The summed E-state index contributed by atoms with van der Waals surface area (Å²) < 4.78 is 0.954. The monoisotopic (exact) mass is 442 g/mol. The van der Waals surface area contributed by atoms with Crippen molar-refractivity contribution in [1.82, 2.24) is 15.2 Å². The Balaban J connectivity index is 1.24. The Hall–Kier alpha value is -3.78. The first-order valence-corrected chi connectivity index (χ1v) is 11.2. The normalized spacial score (nSPS) is 19.7. The number of imide groups is 1. The zero-order chi connectivity index (χ0) is 21.9. The second kappa shape index (κ2) is 6.86. The second-order valence-corrected chi connectivity index (χ2v) is 9.12. The largest absolute Gasteiger partial charge is 0.325 e. The predicted molar refractivity (Wildman–Crippen MR) is 122 cm³/mol. The molecule has 0 radical (unpaired) electrons. The van der Waals surface area contributed by atoms with Gasteiger partial charge in [0, 0.05) is 5.39 Å². The van der Waals surface area contributed by atoms with Gasteiger partial charge in [-0.05, 0) is 35.4 Å². The summed E-state index contributed by atoms with van der Waals surface area (Å²) >= 11 is 1.36. The molecule has 1 spiro atoms. The Morgan fingerprint density at radius 3 is 2.81 bits per heavy atom. The van der Waals surface area contributed by atoms with Crippen LogP contribution in [0.4, 0.5) is 9.93 Å². The first kappa shape index (κ1) is 18.9. The Labute approximate surface area is 187 Å². The molecule has 0 saturated carbocycles. The minimum Gasteiger partial charge on any atom is -0.319 e. The van der Waals surface area contributed by atoms with Crippen molar-refractivity contribution in [2.45, 2.75) is 18.4 Å². The quantitative estimate of drug-likeness (QED) is 0.473. The number of nitrogens with one attached hydrogen (secondary N) is 2. The van der Waals surface area contributed by atoms with Gasteiger partial charge in [0.15, 0.2) is 5.13 Å². The summed E-state index contributed by atoms with van der Waals surface area (Å²) in [6.45, 7) is -0.356. The van der Waals surface area contributed by atoms with E-state index >= 15 is 0 Å². The highest BCUT2D eigenvalue weighted by Gasteiger charge is 2.55. The standard InChI is InChI=1S/C24H18N4O3S/c29-19(25-22-26-20-16-7-3-1-5-14(16)9-10-18(20)32-22)13-28-21(30)24(27-23(28)31)12-11-15-6-2-4-8-17(15)24/h1-10H,11-13H2,(H,27,31)(H,25,26,29). The van der Waals surface area contributed by atoms with Crippen molar-refractivity contribution in [3.63, 3.8) is 0 Å². The van der Waals surface area contributed by atoms with Gasteiger partial charge in [-0.15, -0.1) is 0 Å². The molecule has 32 heavy (non-hydrogen) atoms. The molecule has 1 saturated heterocycles. The van der Waals surface area contributed by atoms with E-state index in [-0.39, 0.29) is 12.5 Å². The molecule has 1 aliphatic carbocycles. The van der Waals surface area contributed by atoms with E-state index in [1.54, 1.807) is 0 Å². The van der Waals surface area contributed by atoms with Crippen LogP contribution in [0.3, 0.4) is 0 Å². The number of urea groups is 1. The first-order valence-electron chi connectivity index (χ1n) is 10.4. The van der Waals surface area contributed by atoms with Crippen LogP contribution in [0.25, 0.3) is 21.0 Å². The summed E-state index contributed by atoms with van der Waals surface area (Å²) in [6.07, 6.45) is 1.21. The van der Waals surface area contributed by atoms with Crippen molar-refractivity contribution in [2.24, 2.45) is 0 Å². The fraction of sp³-hybridized carbons (Fsp3) is 0.167. The number of thiazole rings is 1. The molecule has 1 atom stereocenters. The van der Waals surface area contributed by atoms with Crippen LogP contribution in [-0.4, -0.2) is 34.3 Å². The summed E-state index contributed by atoms with van der Waals surface area (Å²) in [6, 6.07) is 19.0. The first-order chi connectivity index (χ1) is 15.5. The van der Waals surface area contributed by atoms with Crippen LogP contribution >= 0.6 is 11.3 Å². The van der Waals surface area contributed by atoms with Gasteiger partial charge in [0.05, 0.1) is 10.2 Å². The molecule has 3 aromatic carbocycles. The molecule has 7 nitrogen and oxygen atoms in total. The highest BCUT2D eigenvalue weighted by Crippen LogP contribution is 2.41. The van der Waals surface area contributed by atoms with Crippen LogP contribution in [0.5, 0.6) is 0 Å². The van der Waals surface area contributed by atoms with E-state index in [9.17, 15) is 14.4 Å². The lowest BCUT2D eigenvalue weighted by Gasteiger charge is -2.22. The van der Waals surface area contributed by atoms with Crippen molar-refractivity contribution in [3.8, 4) is 0 Å². The van der Waals surface area contributed by atoms with Gasteiger partial charge in [-0.25, -0.2) is 9.78 Å². The van der Waals surface area contributed by atoms with E-state index in [2.05, 4.69) is 15.6 Å². The van der Waals surface area contributed by atoms with Crippen molar-refractivity contribution in [2.75, 3.05) is 11.9 Å². The lowest BCUT2D eigenvalue weighted by Crippen LogP contribution is -2.42. The molecule has 4 amide bonds. The molecular formula is C24H18N4O3S. The fourth-order valence-corrected chi connectivity index (χ4v) is 5.65. The number of anilines is 1. The minimum atomic E-state index is -1.07. The highest BCUT2D eigenvalue weighted by molar-refractivity contribution is 7.22. The van der Waals surface area contributed by atoms with Crippen LogP contribution < -0.4 is 10.6 Å². The summed E-state index contributed by atoms with van der Waals surface area (Å²) in [7, 11) is 0. The molecule has 2 heterocycles. The number of aryl methyl sites for hydroxylation is 1. The molecule has 4 aromatic rings. The minimum absolute atomic E-state index is 0.356. The number of amides is 4. The van der Waals surface area contributed by atoms with Crippen molar-refractivity contribution < 1.29 is 14.4 Å². The number of aromatic nitrogens is 1. The van der Waals surface area contributed by atoms with Gasteiger partial charge in [0.2, 0.25) is 5.91 Å². The fourth-order valence-electron chi connectivity index (χ4n) is 4.75. The topological polar surface area (TPSA) is 91.4 Å². The molecule has 1 aromatic heterocycles. The van der Waals surface area contributed by atoms with Gasteiger partial charge in [-0.1, -0.05) is 65.9 Å². The summed E-state index contributed by atoms with van der Waals surface area (Å²) in [4.78, 5) is 44.2. The average molecular weight is 443 g/mol. The highest BCUT2D eigenvalue weighted by atomic mass is 32.1. The van der Waals surface area contributed by atoms with E-state index in [4.69, 9.17) is 0 Å². The zero-order valence-corrected chi connectivity index (χ0v) is 17.7. The molecule has 1 unspecified atom stereocenters. The molecule has 2 N–H and O–H groups in total. The average Bonchev–Trinajstić information content (AvgIpc) is 3.45. The van der Waals surface area contributed by atoms with Gasteiger partial charge < -0.3 is 10.6 Å². The molecule has 8 heteroatoms. The van der Waals surface area contributed by atoms with Gasteiger partial charge in [-0.2, -0.15) is 0 Å². The Morgan fingerprint density at radius 2 is 1.91 bits per heavy atom. The van der Waals surface area contributed by atoms with E-state index in [1.165, 1.54) is 11.3 Å². The van der Waals surface area contributed by atoms with E-state index in [1.807, 2.05) is 60.7 Å². The van der Waals surface area contributed by atoms with Gasteiger partial charge in [-0.3, -0.25) is 14.5 Å². The van der Waals surface area contributed by atoms with Crippen LogP contribution in [-0.2, 0) is 21.5 Å². The third-order valence-electron chi connectivity index (χ3n) is 6.25. The summed E-state index contributed by atoms with van der Waals surface area (Å²) in [5.74, 6) is -0.835. The molecule has 1 fully saturated rings. The van der Waals surface area contributed by atoms with Crippen LogP contribution in [0, 0.1) is 0 Å². The number of nitrogens with zero attached hydrogens (tertiary/aromatic N) is 2. The lowest BCUT2D eigenvalue weighted by atomic mass is 9.92. The van der Waals surface area contributed by atoms with E-state index in [0.717, 1.165) is 37.0 Å². The van der Waals surface area contributed by atoms with Crippen LogP contribution in [0.15, 0.2) is 60.7 Å². The van der Waals surface area contributed by atoms with Gasteiger partial charge in [0.1, 0.15) is 12.1 Å². The molecule has 6 rings (SSSR count). The smallest absolute Gasteiger partial charge is 0.319 e. The maximum absolute atomic E-state index is 13.2. The molecule has 158 valence electrons. The molecule has 1 aliphatic heterocycles. The molecule has 2 aliphatic rings. The number of hydrogen-bond donors (Lipinski definition) is 2. The van der Waals surface area contributed by atoms with E-state index in [0.29, 0.717) is 18.0 Å². The maximum atomic E-state index is 13.2. The van der Waals surface area contributed by atoms with Crippen LogP contribution in [0.2, 0.25) is 0 Å². The van der Waals surface area contributed by atoms with Crippen molar-refractivity contribution >= 4 is 55.3 Å². The SMILES string of the molecule is O=C(CN1C(=O)NC2(CCc3ccccc32)C1=O)Nc1nc2c(ccc3ccccc32)s1. The second-order valence-electron chi connectivity index (χ2n) is 8.08. The molecular weight excluding hydrogens is 424 g/mol. The number of benzene rings is 3. The predicted octanol–water partition coefficient (Wildman–Crippen LogP) is 3.78. The third-order valence-corrected chi connectivity index (χ3v) is 7.19. The number of rotatable bonds is 3. The third kappa shape index (κ3) is 2.73. The van der Waals surface area contributed by atoms with Crippen LogP contribution in [0.1, 0.15) is 17.5 Å². The van der Waals surface area contributed by atoms with Crippen molar-refractivity contribution in [1.29, 1.82) is 0 Å². The number of hydrogen-bond acceptors (Lipinski definition) is 5. The maximum Gasteiger partial charge on any atom is 0.325 e. The van der Waals surface area contributed by atoms with Gasteiger partial charge in [0.25, 0.3) is 5.91 Å².